The Morgan fingerprint density at radius 2 is 0.639 bits per heavy atom. The lowest BCUT2D eigenvalue weighted by Gasteiger charge is -2.07. The number of carboxylic acids is 1. The van der Waals surface area contributed by atoms with Crippen molar-refractivity contribution in [2.75, 3.05) is 0 Å². The quantitative estimate of drug-likeness (QED) is 0.0533. The second-order valence-corrected chi connectivity index (χ2v) is 18.1. The summed E-state index contributed by atoms with van der Waals surface area (Å²) < 4.78 is 0. The number of aromatic hydroxyl groups is 2. The topological polar surface area (TPSA) is 77.8 Å². The van der Waals surface area contributed by atoms with Gasteiger partial charge in [0.25, 0.3) is 0 Å². The molecule has 61 heavy (non-hydrogen) atoms. The molecule has 0 atom stereocenters. The molecule has 4 heteroatoms. The predicted octanol–water partition coefficient (Wildman–Crippen LogP) is 17.8. The zero-order valence-corrected chi connectivity index (χ0v) is 40.6. The monoisotopic (exact) mass is 835 g/mol. The summed E-state index contributed by atoms with van der Waals surface area (Å²) in [7, 11) is 0. The zero-order chi connectivity index (χ0) is 45.6. The molecule has 0 radical (unpaired) electrons. The van der Waals surface area contributed by atoms with E-state index in [0.29, 0.717) is 12.0 Å². The molecule has 0 aromatic heterocycles. The van der Waals surface area contributed by atoms with Gasteiger partial charge in [-0.05, 0) is 210 Å². The summed E-state index contributed by atoms with van der Waals surface area (Å²) in [6.45, 7) is 24.5. The van der Waals surface area contributed by atoms with Gasteiger partial charge in [0, 0.05) is 5.56 Å². The molecule has 0 spiro atoms. The van der Waals surface area contributed by atoms with Crippen molar-refractivity contribution in [3.63, 3.8) is 0 Å². The molecule has 0 heterocycles. The first-order chi connectivity index (χ1) is 29.0. The largest absolute Gasteiger partial charge is 0.504 e. The number of hydrogen-bond acceptors (Lipinski definition) is 3. The highest BCUT2D eigenvalue weighted by atomic mass is 16.4. The number of allylic oxidation sites excluding steroid dienone is 20. The maximum atomic E-state index is 11.3. The highest BCUT2D eigenvalue weighted by molar-refractivity contribution is 5.89. The van der Waals surface area contributed by atoms with Gasteiger partial charge in [0.2, 0.25) is 0 Å². The minimum absolute atomic E-state index is 0.0324. The normalized spacial score (nSPS) is 14.2. The number of rotatable bonds is 30. The maximum Gasteiger partial charge on any atom is 0.335 e. The van der Waals surface area contributed by atoms with Gasteiger partial charge in [-0.3, -0.25) is 0 Å². The van der Waals surface area contributed by atoms with Crippen molar-refractivity contribution in [1.82, 2.24) is 0 Å². The summed E-state index contributed by atoms with van der Waals surface area (Å²) in [5.41, 5.74) is 14.8. The fraction of sp³-hybridized carbons (Fsp3) is 0.526. The van der Waals surface area contributed by atoms with E-state index in [9.17, 15) is 20.1 Å². The first-order valence-corrected chi connectivity index (χ1v) is 23.3. The maximum absolute atomic E-state index is 11.3. The van der Waals surface area contributed by atoms with E-state index < -0.39 is 11.7 Å². The fourth-order valence-corrected chi connectivity index (χ4v) is 7.12. The summed E-state index contributed by atoms with van der Waals surface area (Å²) in [4.78, 5) is 11.3. The highest BCUT2D eigenvalue weighted by Gasteiger charge is 2.12. The van der Waals surface area contributed by atoms with Crippen molar-refractivity contribution in [3.8, 4) is 11.5 Å². The van der Waals surface area contributed by atoms with Crippen LogP contribution in [0.3, 0.4) is 0 Å². The van der Waals surface area contributed by atoms with Crippen molar-refractivity contribution >= 4 is 5.97 Å². The summed E-state index contributed by atoms with van der Waals surface area (Å²) >= 11 is 0. The van der Waals surface area contributed by atoms with Gasteiger partial charge in [-0.25, -0.2) is 4.79 Å². The molecule has 0 aliphatic heterocycles. The van der Waals surface area contributed by atoms with E-state index in [2.05, 4.69) is 124 Å². The van der Waals surface area contributed by atoms with Crippen LogP contribution in [0.2, 0.25) is 0 Å². The Morgan fingerprint density at radius 3 is 0.885 bits per heavy atom. The molecule has 1 rings (SSSR count). The second kappa shape index (κ2) is 32.4. The van der Waals surface area contributed by atoms with E-state index in [4.69, 9.17) is 0 Å². The van der Waals surface area contributed by atoms with Gasteiger partial charge in [-0.1, -0.05) is 116 Å². The third-order valence-corrected chi connectivity index (χ3v) is 11.4. The summed E-state index contributed by atoms with van der Waals surface area (Å²) in [5.74, 6) is -1.79. The lowest BCUT2D eigenvalue weighted by molar-refractivity contribution is 0.0696. The van der Waals surface area contributed by atoms with Crippen LogP contribution < -0.4 is 0 Å². The Morgan fingerprint density at radius 1 is 0.393 bits per heavy atom. The van der Waals surface area contributed by atoms with Gasteiger partial charge in [-0.2, -0.15) is 0 Å². The third kappa shape index (κ3) is 28.8. The van der Waals surface area contributed by atoms with E-state index in [1.54, 1.807) is 0 Å². The fourth-order valence-electron chi connectivity index (χ4n) is 7.12. The van der Waals surface area contributed by atoms with Gasteiger partial charge in [0.05, 0.1) is 5.56 Å². The summed E-state index contributed by atoms with van der Waals surface area (Å²) in [6, 6.07) is 2.48. The van der Waals surface area contributed by atoms with Gasteiger partial charge in [-0.15, -0.1) is 0 Å². The molecule has 1 aromatic rings. The standard InChI is InChI=1S/C57H86O4/c1-43(2)21-12-22-44(3)23-13-24-45(4)25-14-26-46(5)27-15-28-47(6)29-16-30-48(7)31-17-32-49(8)33-18-34-50(9)35-19-36-51(10)37-20-38-52(11)39-40-53-41-54(57(60)61)42-55(58)56(53)59/h21,23,25,27,29,31,33,35,37,39,41-42,58-59H,12-20,22,24,26,28,30,32,34,36,38,40H2,1-11H3,(H,60,61)/b44-23+,45-25+,46-27+,47-29+,48-31+,49-33+,50-35+,51-37+,52-39+. The molecule has 0 bridgehead atoms. The van der Waals surface area contributed by atoms with Crippen LogP contribution in [0.5, 0.6) is 11.5 Å². The molecule has 0 fully saturated rings. The Balaban J connectivity index is 2.28. The number of carbonyl (C=O) groups is 1. The van der Waals surface area contributed by atoms with E-state index in [-0.39, 0.29) is 11.3 Å². The van der Waals surface area contributed by atoms with Crippen molar-refractivity contribution < 1.29 is 20.1 Å². The van der Waals surface area contributed by atoms with Crippen molar-refractivity contribution in [1.29, 1.82) is 0 Å². The van der Waals surface area contributed by atoms with Crippen LogP contribution in [0.1, 0.15) is 208 Å². The number of phenols is 2. The van der Waals surface area contributed by atoms with Crippen molar-refractivity contribution in [2.24, 2.45) is 0 Å². The van der Waals surface area contributed by atoms with Gasteiger partial charge < -0.3 is 15.3 Å². The van der Waals surface area contributed by atoms with Crippen LogP contribution in [0.4, 0.5) is 0 Å². The molecular weight excluding hydrogens is 749 g/mol. The molecular formula is C57H86O4. The summed E-state index contributed by atoms with van der Waals surface area (Å²) in [6.07, 6.45) is 43.9. The molecule has 0 aliphatic carbocycles. The molecule has 338 valence electrons. The minimum atomic E-state index is -1.13. The Kier molecular flexibility index (Phi) is 29.1. The Hall–Kier alpha value is -4.31. The molecule has 3 N–H and O–H groups in total. The zero-order valence-electron chi connectivity index (χ0n) is 40.6. The Labute approximate surface area is 374 Å². The van der Waals surface area contributed by atoms with Crippen LogP contribution >= 0.6 is 0 Å². The van der Waals surface area contributed by atoms with Crippen molar-refractivity contribution in [2.45, 2.75) is 198 Å². The molecule has 0 saturated carbocycles. The van der Waals surface area contributed by atoms with Crippen LogP contribution in [0, 0.1) is 0 Å². The average Bonchev–Trinajstić information content (AvgIpc) is 3.18. The average molecular weight is 835 g/mol. The van der Waals surface area contributed by atoms with E-state index in [0.717, 1.165) is 114 Å². The first kappa shape index (κ1) is 54.7. The second-order valence-electron chi connectivity index (χ2n) is 18.1. The molecule has 1 aromatic carbocycles. The minimum Gasteiger partial charge on any atom is -0.504 e. The van der Waals surface area contributed by atoms with Crippen LogP contribution in [-0.4, -0.2) is 21.3 Å². The molecule has 0 unspecified atom stereocenters. The van der Waals surface area contributed by atoms with Gasteiger partial charge in [0.15, 0.2) is 11.5 Å². The highest BCUT2D eigenvalue weighted by Crippen LogP contribution is 2.31. The van der Waals surface area contributed by atoms with Crippen LogP contribution in [-0.2, 0) is 6.42 Å². The van der Waals surface area contributed by atoms with E-state index in [1.165, 1.54) is 69.1 Å². The van der Waals surface area contributed by atoms with E-state index in [1.807, 2.05) is 13.0 Å². The smallest absolute Gasteiger partial charge is 0.335 e. The Bertz CT molecular complexity index is 1810. The molecule has 0 aliphatic rings. The van der Waals surface area contributed by atoms with Gasteiger partial charge >= 0.3 is 5.97 Å². The number of aromatic carboxylic acids is 1. The molecule has 0 saturated heterocycles. The molecule has 0 amide bonds. The van der Waals surface area contributed by atoms with Crippen molar-refractivity contribution in [3.05, 3.63) is 140 Å². The lowest BCUT2D eigenvalue weighted by Crippen LogP contribution is -1.98. The number of benzene rings is 1. The number of carboxylic acid groups (broad SMARTS) is 1. The SMILES string of the molecule is CC(C)=CCC/C(C)=C/CC/C(C)=C/CC/C(C)=C/CC/C(C)=C/CC/C(C)=C/CC/C(C)=C/CC/C(C)=C/CC/C(C)=C/CC/C(C)=C/Cc1cc(C(=O)O)cc(O)c1O. The molecule has 4 nitrogen and oxygen atoms in total. The summed E-state index contributed by atoms with van der Waals surface area (Å²) in [5, 5.41) is 29.2. The number of hydrogen-bond donors (Lipinski definition) is 3. The first-order valence-electron chi connectivity index (χ1n) is 23.3. The van der Waals surface area contributed by atoms with Crippen LogP contribution in [0.25, 0.3) is 0 Å². The predicted molar refractivity (Wildman–Crippen MR) is 267 cm³/mol. The number of phenolic OH excluding ortho intramolecular Hbond substituents is 2. The van der Waals surface area contributed by atoms with Crippen LogP contribution in [0.15, 0.2) is 129 Å². The van der Waals surface area contributed by atoms with Gasteiger partial charge in [0.1, 0.15) is 0 Å². The lowest BCUT2D eigenvalue weighted by atomic mass is 10.0. The van der Waals surface area contributed by atoms with E-state index >= 15 is 0 Å². The third-order valence-electron chi connectivity index (χ3n) is 11.4.